The van der Waals surface area contributed by atoms with Gasteiger partial charge in [0.05, 0.1) is 5.69 Å². The zero-order valence-electron chi connectivity index (χ0n) is 16.3. The van der Waals surface area contributed by atoms with Gasteiger partial charge in [-0.25, -0.2) is 14.8 Å². The van der Waals surface area contributed by atoms with Crippen LogP contribution in [0.25, 0.3) is 5.78 Å². The zero-order valence-corrected chi connectivity index (χ0v) is 16.3. The summed E-state index contributed by atoms with van der Waals surface area (Å²) in [6.07, 6.45) is 1.62. The number of imidazole rings is 1. The summed E-state index contributed by atoms with van der Waals surface area (Å²) < 4.78 is 7.26. The molecule has 1 N–H and O–H groups in total. The predicted octanol–water partition coefficient (Wildman–Crippen LogP) is 2.69. The lowest BCUT2D eigenvalue weighted by Gasteiger charge is -2.25. The summed E-state index contributed by atoms with van der Waals surface area (Å²) in [5, 5.41) is 2.81. The van der Waals surface area contributed by atoms with Gasteiger partial charge in [0.25, 0.3) is 0 Å². The van der Waals surface area contributed by atoms with E-state index >= 15 is 0 Å². The molecule has 0 aliphatic rings. The highest BCUT2D eigenvalue weighted by atomic mass is 16.6. The second kappa shape index (κ2) is 7.39. The normalized spacial score (nSPS) is 13.3. The van der Waals surface area contributed by atoms with E-state index in [4.69, 9.17) is 4.74 Å². The molecule has 0 saturated heterocycles. The van der Waals surface area contributed by atoms with Crippen LogP contribution in [-0.2, 0) is 11.3 Å². The van der Waals surface area contributed by atoms with Gasteiger partial charge in [0.1, 0.15) is 5.60 Å². The molecule has 1 amide bonds. The molecule has 2 aromatic rings. The first-order chi connectivity index (χ1) is 11.5. The van der Waals surface area contributed by atoms with E-state index in [0.29, 0.717) is 13.1 Å². The molecular formula is C18H29N5O2. The van der Waals surface area contributed by atoms with Crippen molar-refractivity contribution >= 4 is 11.9 Å². The maximum atomic E-state index is 11.8. The van der Waals surface area contributed by atoms with Gasteiger partial charge in [0, 0.05) is 36.7 Å². The van der Waals surface area contributed by atoms with Crippen LogP contribution >= 0.6 is 0 Å². The highest BCUT2D eigenvalue weighted by molar-refractivity contribution is 5.67. The summed E-state index contributed by atoms with van der Waals surface area (Å²) >= 11 is 0. The highest BCUT2D eigenvalue weighted by Crippen LogP contribution is 2.11. The molecule has 0 fully saturated rings. The molecule has 2 rings (SSSR count). The maximum Gasteiger partial charge on any atom is 0.407 e. The Balaban J connectivity index is 1.94. The van der Waals surface area contributed by atoms with Crippen molar-refractivity contribution in [2.75, 3.05) is 13.6 Å². The number of nitrogens with one attached hydrogen (secondary N) is 1. The van der Waals surface area contributed by atoms with Crippen molar-refractivity contribution in [1.29, 1.82) is 0 Å². The summed E-state index contributed by atoms with van der Waals surface area (Å²) in [7, 11) is 2.01. The van der Waals surface area contributed by atoms with E-state index in [1.165, 1.54) is 0 Å². The summed E-state index contributed by atoms with van der Waals surface area (Å²) in [6, 6.07) is 2.18. The minimum Gasteiger partial charge on any atom is -0.444 e. The number of alkyl carbamates (subject to hydrolysis) is 1. The highest BCUT2D eigenvalue weighted by Gasteiger charge is 2.18. The molecule has 138 valence electrons. The smallest absolute Gasteiger partial charge is 0.407 e. The fourth-order valence-corrected chi connectivity index (χ4v) is 2.51. The number of hydrogen-bond donors (Lipinski definition) is 1. The standard InChI is InChI=1S/C18H29N5O2/c1-12-8-13(2)23-11-15(21-16(23)20-12)10-22(7)14(3)9-19-17(24)25-18(4,5)6/h8,11,14H,9-10H2,1-7H3,(H,19,24)/t14-/m0/s1. The Morgan fingerprint density at radius 1 is 1.36 bits per heavy atom. The number of aromatic nitrogens is 3. The zero-order chi connectivity index (χ0) is 18.8. The lowest BCUT2D eigenvalue weighted by molar-refractivity contribution is 0.0512. The van der Waals surface area contributed by atoms with E-state index in [9.17, 15) is 4.79 Å². The number of likely N-dealkylation sites (N-methyl/N-ethyl adjacent to an activating group) is 1. The number of carbonyl (C=O) groups is 1. The van der Waals surface area contributed by atoms with Gasteiger partial charge in [-0.15, -0.1) is 0 Å². The summed E-state index contributed by atoms with van der Waals surface area (Å²) in [5.74, 6) is 0.723. The van der Waals surface area contributed by atoms with Crippen molar-refractivity contribution in [2.45, 2.75) is 59.7 Å². The minimum absolute atomic E-state index is 0.146. The Kier molecular flexibility index (Phi) is 5.67. The SMILES string of the molecule is Cc1cc(C)n2cc(CN(C)[C@@H](C)CNC(=O)OC(C)(C)C)nc2n1. The van der Waals surface area contributed by atoms with Crippen molar-refractivity contribution in [3.8, 4) is 0 Å². The number of aryl methyl sites for hydroxylation is 2. The second-order valence-electron chi connectivity index (χ2n) is 7.59. The summed E-state index contributed by atoms with van der Waals surface area (Å²) in [6.45, 7) is 12.8. The number of fused-ring (bicyclic) bond motifs is 1. The molecule has 2 aromatic heterocycles. The number of carbonyl (C=O) groups excluding carboxylic acids is 1. The molecular weight excluding hydrogens is 318 g/mol. The van der Waals surface area contributed by atoms with Crippen LogP contribution in [0.2, 0.25) is 0 Å². The molecule has 0 radical (unpaired) electrons. The number of rotatable bonds is 5. The van der Waals surface area contributed by atoms with Crippen LogP contribution < -0.4 is 5.32 Å². The number of amides is 1. The van der Waals surface area contributed by atoms with Crippen LogP contribution in [0.15, 0.2) is 12.3 Å². The monoisotopic (exact) mass is 347 g/mol. The molecule has 0 unspecified atom stereocenters. The van der Waals surface area contributed by atoms with Crippen LogP contribution in [0.5, 0.6) is 0 Å². The van der Waals surface area contributed by atoms with Crippen molar-refractivity contribution in [3.63, 3.8) is 0 Å². The quantitative estimate of drug-likeness (QED) is 0.900. The third-order valence-corrected chi connectivity index (χ3v) is 3.92. The van der Waals surface area contributed by atoms with Gasteiger partial charge in [-0.3, -0.25) is 9.30 Å². The Bertz CT molecular complexity index is 748. The Labute approximate surface area is 149 Å². The van der Waals surface area contributed by atoms with E-state index in [1.807, 2.05) is 58.3 Å². The molecule has 25 heavy (non-hydrogen) atoms. The lowest BCUT2D eigenvalue weighted by Crippen LogP contribution is -2.41. The molecule has 0 aromatic carbocycles. The van der Waals surface area contributed by atoms with Crippen LogP contribution in [0, 0.1) is 13.8 Å². The fraction of sp³-hybridized carbons (Fsp3) is 0.611. The van der Waals surface area contributed by atoms with Crippen LogP contribution in [-0.4, -0.2) is 50.6 Å². The van der Waals surface area contributed by atoms with Crippen LogP contribution in [0.1, 0.15) is 44.8 Å². The predicted molar refractivity (Wildman–Crippen MR) is 97.6 cm³/mol. The number of hydrogen-bond acceptors (Lipinski definition) is 5. The van der Waals surface area contributed by atoms with E-state index in [-0.39, 0.29) is 6.04 Å². The van der Waals surface area contributed by atoms with Gasteiger partial charge in [0.2, 0.25) is 5.78 Å². The third kappa shape index (κ3) is 5.42. The topological polar surface area (TPSA) is 71.8 Å². The molecule has 0 aliphatic carbocycles. The largest absolute Gasteiger partial charge is 0.444 e. The molecule has 7 heteroatoms. The second-order valence-corrected chi connectivity index (χ2v) is 7.59. The molecule has 7 nitrogen and oxygen atoms in total. The van der Waals surface area contributed by atoms with Crippen molar-refractivity contribution in [3.05, 3.63) is 29.3 Å². The van der Waals surface area contributed by atoms with Gasteiger partial charge in [-0.05, 0) is 54.7 Å². The maximum absolute atomic E-state index is 11.8. The molecule has 0 spiro atoms. The lowest BCUT2D eigenvalue weighted by atomic mass is 10.2. The van der Waals surface area contributed by atoms with Crippen LogP contribution in [0.3, 0.4) is 0 Å². The first kappa shape index (κ1) is 19.2. The van der Waals surface area contributed by atoms with Gasteiger partial charge < -0.3 is 10.1 Å². The van der Waals surface area contributed by atoms with Gasteiger partial charge in [0.15, 0.2) is 0 Å². The molecule has 2 heterocycles. The van der Waals surface area contributed by atoms with Crippen molar-refractivity contribution in [1.82, 2.24) is 24.6 Å². The van der Waals surface area contributed by atoms with Crippen molar-refractivity contribution in [2.24, 2.45) is 0 Å². The average Bonchev–Trinajstić information content (AvgIpc) is 2.85. The average molecular weight is 347 g/mol. The first-order valence-corrected chi connectivity index (χ1v) is 8.54. The van der Waals surface area contributed by atoms with Gasteiger partial charge in [-0.2, -0.15) is 0 Å². The molecule has 0 bridgehead atoms. The Morgan fingerprint density at radius 3 is 2.68 bits per heavy atom. The Morgan fingerprint density at radius 2 is 2.04 bits per heavy atom. The van der Waals surface area contributed by atoms with E-state index in [2.05, 4.69) is 27.1 Å². The van der Waals surface area contributed by atoms with Gasteiger partial charge in [-0.1, -0.05) is 0 Å². The molecule has 1 atom stereocenters. The third-order valence-electron chi connectivity index (χ3n) is 3.92. The Hall–Kier alpha value is -2.15. The van der Waals surface area contributed by atoms with E-state index < -0.39 is 11.7 Å². The minimum atomic E-state index is -0.487. The molecule has 0 saturated carbocycles. The van der Waals surface area contributed by atoms with Crippen molar-refractivity contribution < 1.29 is 9.53 Å². The summed E-state index contributed by atoms with van der Waals surface area (Å²) in [5.41, 5.74) is 2.54. The van der Waals surface area contributed by atoms with Gasteiger partial charge >= 0.3 is 6.09 Å². The summed E-state index contributed by atoms with van der Waals surface area (Å²) in [4.78, 5) is 23.0. The number of ether oxygens (including phenoxy) is 1. The fourth-order valence-electron chi connectivity index (χ4n) is 2.51. The van der Waals surface area contributed by atoms with E-state index in [1.54, 1.807) is 0 Å². The number of nitrogens with zero attached hydrogens (tertiary/aromatic N) is 4. The van der Waals surface area contributed by atoms with E-state index in [0.717, 1.165) is 22.9 Å². The van der Waals surface area contributed by atoms with Crippen LogP contribution in [0.4, 0.5) is 4.79 Å². The molecule has 0 aliphatic heterocycles. The first-order valence-electron chi connectivity index (χ1n) is 8.54.